The minimum absolute atomic E-state index is 0.102. The first-order chi connectivity index (χ1) is 38.0. The molecule has 1 atom stereocenters. The zero-order valence-electron chi connectivity index (χ0n) is 49.9. The molecule has 0 aromatic heterocycles. The van der Waals surface area contributed by atoms with Crippen LogP contribution in [0.3, 0.4) is 0 Å². The van der Waals surface area contributed by atoms with E-state index in [4.69, 9.17) is 14.2 Å². The third kappa shape index (κ3) is 62.3. The predicted octanol–water partition coefficient (Wildman–Crippen LogP) is 21.8. The van der Waals surface area contributed by atoms with E-state index < -0.39 is 6.10 Å². The maximum atomic E-state index is 12.9. The van der Waals surface area contributed by atoms with Gasteiger partial charge in [0.05, 0.1) is 0 Å². The number of carbonyl (C=O) groups is 3. The maximum absolute atomic E-state index is 12.9. The quantitative estimate of drug-likeness (QED) is 0.0261. The summed E-state index contributed by atoms with van der Waals surface area (Å²) in [5.74, 6) is -0.964. The average Bonchev–Trinajstić information content (AvgIpc) is 3.43. The molecule has 0 aliphatic heterocycles. The Labute approximate surface area is 475 Å². The van der Waals surface area contributed by atoms with Crippen molar-refractivity contribution in [1.82, 2.24) is 0 Å². The van der Waals surface area contributed by atoms with Gasteiger partial charge in [-0.25, -0.2) is 0 Å². The summed E-state index contributed by atoms with van der Waals surface area (Å²) in [6, 6.07) is 0. The molecule has 0 aromatic rings. The summed E-state index contributed by atoms with van der Waals surface area (Å²) in [5.41, 5.74) is 0. The highest BCUT2D eigenvalue weighted by Gasteiger charge is 2.19. The number of hydrogen-bond acceptors (Lipinski definition) is 6. The molecule has 1 unspecified atom stereocenters. The summed E-state index contributed by atoms with van der Waals surface area (Å²) in [7, 11) is 0. The van der Waals surface area contributed by atoms with Gasteiger partial charge >= 0.3 is 17.9 Å². The number of rotatable bonds is 56. The van der Waals surface area contributed by atoms with Crippen molar-refractivity contribution in [3.05, 3.63) is 134 Å². The van der Waals surface area contributed by atoms with Gasteiger partial charge < -0.3 is 14.2 Å². The molecule has 6 nitrogen and oxygen atoms in total. The van der Waals surface area contributed by atoms with E-state index in [2.05, 4.69) is 154 Å². The van der Waals surface area contributed by atoms with Crippen molar-refractivity contribution in [1.29, 1.82) is 0 Å². The number of allylic oxidation sites excluding steroid dienone is 22. The van der Waals surface area contributed by atoms with E-state index in [1.165, 1.54) is 116 Å². The van der Waals surface area contributed by atoms with Crippen molar-refractivity contribution in [3.63, 3.8) is 0 Å². The van der Waals surface area contributed by atoms with Crippen molar-refractivity contribution in [2.75, 3.05) is 13.2 Å². The van der Waals surface area contributed by atoms with Crippen LogP contribution < -0.4 is 0 Å². The molecule has 0 bridgehead atoms. The lowest BCUT2D eigenvalue weighted by Gasteiger charge is -2.18. The molecule has 436 valence electrons. The van der Waals surface area contributed by atoms with Crippen LogP contribution in [0.1, 0.15) is 278 Å². The largest absolute Gasteiger partial charge is 0.462 e. The van der Waals surface area contributed by atoms with Gasteiger partial charge in [0.25, 0.3) is 0 Å². The lowest BCUT2D eigenvalue weighted by Crippen LogP contribution is -2.30. The standard InChI is InChI=1S/C71H116O6/c1-4-7-10-13-16-19-21-23-25-27-29-31-33-34-35-36-38-39-41-43-45-47-49-52-55-58-61-64-70(73)76-67-68(66-75-69(72)63-60-57-54-51-18-15-12-9-6-3)77-71(74)65-62-59-56-53-50-48-46-44-42-40-37-32-30-28-26-24-22-20-17-14-11-8-5-2/h7-8,10-11,16-17,19-20,23-26,29-32,40,42,46,48,53,56,68H,4-6,9,12-15,18,21-22,27-28,33-39,41,43-45,47,49-52,54-55,57-67H2,1-3H3/b10-7-,11-8-,19-16-,20-17-,25-23-,26-24-,31-29-,32-30-,42-40-,48-46-,56-53-. The fraction of sp³-hybridized carbons (Fsp3) is 0.648. The monoisotopic (exact) mass is 1060 g/mol. The highest BCUT2D eigenvalue weighted by molar-refractivity contribution is 5.71. The molecular formula is C71H116O6. The topological polar surface area (TPSA) is 78.9 Å². The first kappa shape index (κ1) is 72.5. The van der Waals surface area contributed by atoms with Gasteiger partial charge in [-0.3, -0.25) is 14.4 Å². The summed E-state index contributed by atoms with van der Waals surface area (Å²) in [6.45, 7) is 6.35. The van der Waals surface area contributed by atoms with Crippen LogP contribution in [-0.2, 0) is 28.6 Å². The smallest absolute Gasteiger partial charge is 0.306 e. The first-order valence-corrected chi connectivity index (χ1v) is 31.7. The van der Waals surface area contributed by atoms with Crippen molar-refractivity contribution in [3.8, 4) is 0 Å². The van der Waals surface area contributed by atoms with Crippen molar-refractivity contribution >= 4 is 17.9 Å². The fourth-order valence-electron chi connectivity index (χ4n) is 8.48. The molecule has 0 aliphatic carbocycles. The van der Waals surface area contributed by atoms with Gasteiger partial charge in [-0.1, -0.05) is 283 Å². The second kappa shape index (κ2) is 64.1. The van der Waals surface area contributed by atoms with E-state index in [1.807, 2.05) is 0 Å². The normalized spacial score (nSPS) is 13.0. The second-order valence-electron chi connectivity index (χ2n) is 20.6. The van der Waals surface area contributed by atoms with Gasteiger partial charge in [0.1, 0.15) is 13.2 Å². The number of unbranched alkanes of at least 4 members (excludes halogenated alkanes) is 23. The Morgan fingerprint density at radius 1 is 0.273 bits per heavy atom. The van der Waals surface area contributed by atoms with E-state index in [9.17, 15) is 14.4 Å². The Kier molecular flexibility index (Phi) is 60.4. The van der Waals surface area contributed by atoms with Crippen LogP contribution >= 0.6 is 0 Å². The van der Waals surface area contributed by atoms with Crippen molar-refractivity contribution in [2.24, 2.45) is 0 Å². The predicted molar refractivity (Wildman–Crippen MR) is 334 cm³/mol. The van der Waals surface area contributed by atoms with Crippen molar-refractivity contribution in [2.45, 2.75) is 284 Å². The number of esters is 3. The number of hydrogen-bond donors (Lipinski definition) is 0. The SMILES string of the molecule is CC/C=C\C/C=C\C/C=C\C/C=C\C/C=C\C/C=C\C/C=C\CCCC(=O)OC(COC(=O)CCCCCCCCCCC)COC(=O)CCCCCCCCCCCCCCCC/C=C\C/C=C\C/C=C\C/C=C\CC. The van der Waals surface area contributed by atoms with Crippen LogP contribution in [0.15, 0.2) is 134 Å². The molecular weight excluding hydrogens is 949 g/mol. The van der Waals surface area contributed by atoms with E-state index in [1.54, 1.807) is 0 Å². The highest BCUT2D eigenvalue weighted by atomic mass is 16.6. The molecule has 0 saturated heterocycles. The Bertz CT molecular complexity index is 1650. The molecule has 0 fully saturated rings. The summed E-state index contributed by atoms with van der Waals surface area (Å²) in [5, 5.41) is 0. The Hall–Kier alpha value is -4.45. The molecule has 0 radical (unpaired) electrons. The zero-order chi connectivity index (χ0) is 55.7. The first-order valence-electron chi connectivity index (χ1n) is 31.7. The van der Waals surface area contributed by atoms with Crippen LogP contribution in [0.5, 0.6) is 0 Å². The average molecular weight is 1070 g/mol. The fourth-order valence-corrected chi connectivity index (χ4v) is 8.48. The third-order valence-corrected chi connectivity index (χ3v) is 13.2. The minimum Gasteiger partial charge on any atom is -0.462 e. The molecule has 0 spiro atoms. The Morgan fingerprint density at radius 2 is 0.519 bits per heavy atom. The summed E-state index contributed by atoms with van der Waals surface area (Å²) < 4.78 is 16.8. The number of carbonyl (C=O) groups excluding carboxylic acids is 3. The van der Waals surface area contributed by atoms with Gasteiger partial charge in [-0.05, 0) is 109 Å². The van der Waals surface area contributed by atoms with Gasteiger partial charge in [0.2, 0.25) is 0 Å². The maximum Gasteiger partial charge on any atom is 0.306 e. The van der Waals surface area contributed by atoms with Crippen LogP contribution in [0.4, 0.5) is 0 Å². The Balaban J connectivity index is 4.31. The van der Waals surface area contributed by atoms with E-state index in [0.717, 1.165) is 116 Å². The molecule has 0 saturated carbocycles. The second-order valence-corrected chi connectivity index (χ2v) is 20.6. The van der Waals surface area contributed by atoms with Crippen LogP contribution in [0, 0.1) is 0 Å². The molecule has 0 aliphatic rings. The number of ether oxygens (including phenoxy) is 3. The lowest BCUT2D eigenvalue weighted by molar-refractivity contribution is -0.167. The van der Waals surface area contributed by atoms with Crippen molar-refractivity contribution < 1.29 is 28.6 Å². The van der Waals surface area contributed by atoms with Gasteiger partial charge in [-0.2, -0.15) is 0 Å². The van der Waals surface area contributed by atoms with E-state index in [0.29, 0.717) is 19.3 Å². The Morgan fingerprint density at radius 3 is 0.831 bits per heavy atom. The summed E-state index contributed by atoms with van der Waals surface area (Å²) in [6.07, 6.45) is 90.5. The van der Waals surface area contributed by atoms with Gasteiger partial charge in [0.15, 0.2) is 6.10 Å². The molecule has 6 heteroatoms. The van der Waals surface area contributed by atoms with Gasteiger partial charge in [-0.15, -0.1) is 0 Å². The van der Waals surface area contributed by atoms with Crippen LogP contribution in [-0.4, -0.2) is 37.2 Å². The lowest BCUT2D eigenvalue weighted by atomic mass is 10.0. The highest BCUT2D eigenvalue weighted by Crippen LogP contribution is 2.16. The van der Waals surface area contributed by atoms with Gasteiger partial charge in [0, 0.05) is 19.3 Å². The zero-order valence-corrected chi connectivity index (χ0v) is 49.9. The van der Waals surface area contributed by atoms with Crippen LogP contribution in [0.25, 0.3) is 0 Å². The molecule has 0 N–H and O–H groups in total. The van der Waals surface area contributed by atoms with E-state index >= 15 is 0 Å². The molecule has 0 heterocycles. The van der Waals surface area contributed by atoms with Crippen LogP contribution in [0.2, 0.25) is 0 Å². The van der Waals surface area contributed by atoms with E-state index in [-0.39, 0.29) is 37.5 Å². The third-order valence-electron chi connectivity index (χ3n) is 13.2. The molecule has 0 rings (SSSR count). The molecule has 77 heavy (non-hydrogen) atoms. The summed E-state index contributed by atoms with van der Waals surface area (Å²) >= 11 is 0. The minimum atomic E-state index is -0.811. The summed E-state index contributed by atoms with van der Waals surface area (Å²) in [4.78, 5) is 38.2. The molecule has 0 aromatic carbocycles. The molecule has 0 amide bonds.